The molecule has 18 heavy (non-hydrogen) atoms. The van der Waals surface area contributed by atoms with Crippen LogP contribution in [0.15, 0.2) is 18.2 Å². The van der Waals surface area contributed by atoms with E-state index in [1.807, 2.05) is 12.1 Å². The van der Waals surface area contributed by atoms with Crippen LogP contribution in [0.4, 0.5) is 0 Å². The first-order valence-electron chi connectivity index (χ1n) is 6.63. The molecular weight excluding hydrogens is 228 g/mol. The third-order valence-electron chi connectivity index (χ3n) is 3.11. The second-order valence-corrected chi connectivity index (χ2v) is 5.54. The van der Waals surface area contributed by atoms with Gasteiger partial charge < -0.3 is 14.6 Å². The molecule has 3 nitrogen and oxygen atoms in total. The van der Waals surface area contributed by atoms with Gasteiger partial charge in [-0.15, -0.1) is 0 Å². The molecule has 0 aliphatic carbocycles. The molecule has 1 aromatic carbocycles. The van der Waals surface area contributed by atoms with E-state index in [2.05, 4.69) is 26.8 Å². The highest BCUT2D eigenvalue weighted by Crippen LogP contribution is 2.41. The Morgan fingerprint density at radius 3 is 2.94 bits per heavy atom. The van der Waals surface area contributed by atoms with Gasteiger partial charge in [-0.05, 0) is 26.3 Å². The summed E-state index contributed by atoms with van der Waals surface area (Å²) in [5.41, 5.74) is 1.02. The Bertz CT molecular complexity index is 412. The van der Waals surface area contributed by atoms with Crippen LogP contribution in [0.3, 0.4) is 0 Å². The predicted molar refractivity (Wildman–Crippen MR) is 71.3 cm³/mol. The summed E-state index contributed by atoms with van der Waals surface area (Å²) in [6.45, 7) is 6.52. The van der Waals surface area contributed by atoms with E-state index in [1.165, 1.54) is 5.56 Å². The van der Waals surface area contributed by atoms with Crippen molar-refractivity contribution in [1.29, 1.82) is 0 Å². The summed E-state index contributed by atoms with van der Waals surface area (Å²) in [5.74, 6) is 1.58. The Hall–Kier alpha value is -1.22. The fourth-order valence-electron chi connectivity index (χ4n) is 2.30. The van der Waals surface area contributed by atoms with Crippen molar-refractivity contribution in [3.05, 3.63) is 23.8 Å². The lowest BCUT2D eigenvalue weighted by Gasteiger charge is -2.18. The van der Waals surface area contributed by atoms with Crippen LogP contribution in [-0.2, 0) is 6.42 Å². The van der Waals surface area contributed by atoms with Crippen LogP contribution in [0.2, 0.25) is 0 Å². The number of aliphatic hydroxyl groups is 1. The molecule has 0 saturated carbocycles. The molecule has 2 rings (SSSR count). The molecule has 1 atom stereocenters. The van der Waals surface area contributed by atoms with Crippen LogP contribution in [0.5, 0.6) is 11.5 Å². The first-order chi connectivity index (χ1) is 8.52. The fourth-order valence-corrected chi connectivity index (χ4v) is 2.30. The lowest BCUT2D eigenvalue weighted by atomic mass is 10.0. The number of ether oxygens (including phenoxy) is 2. The van der Waals surface area contributed by atoms with Crippen molar-refractivity contribution in [2.75, 3.05) is 6.61 Å². The maximum absolute atomic E-state index is 9.70. The van der Waals surface area contributed by atoms with Crippen molar-refractivity contribution in [1.82, 2.24) is 0 Å². The van der Waals surface area contributed by atoms with Gasteiger partial charge in [0.2, 0.25) is 0 Å². The van der Waals surface area contributed by atoms with E-state index in [0.29, 0.717) is 6.61 Å². The van der Waals surface area contributed by atoms with Crippen molar-refractivity contribution in [3.8, 4) is 11.5 Å². The van der Waals surface area contributed by atoms with Gasteiger partial charge in [-0.3, -0.25) is 0 Å². The maximum atomic E-state index is 9.70. The van der Waals surface area contributed by atoms with Gasteiger partial charge in [0, 0.05) is 12.0 Å². The van der Waals surface area contributed by atoms with Crippen LogP contribution < -0.4 is 9.47 Å². The lowest BCUT2D eigenvalue weighted by Crippen LogP contribution is -2.25. The fraction of sp³-hybridized carbons (Fsp3) is 0.600. The number of para-hydroxylation sites is 1. The lowest BCUT2D eigenvalue weighted by molar-refractivity contribution is 0.0918. The standard InChI is InChI=1S/C15H22O3/c1-4-6-12(16)10-17-13-8-5-7-11-9-15(2,3)18-14(11)13/h5,7-8,12,16H,4,6,9-10H2,1-3H3. The molecule has 1 heterocycles. The molecule has 0 radical (unpaired) electrons. The van der Waals surface area contributed by atoms with Crippen molar-refractivity contribution in [2.45, 2.75) is 51.7 Å². The number of fused-ring (bicyclic) bond motifs is 1. The SMILES string of the molecule is CCCC(O)COc1cccc2c1OC(C)(C)C2. The summed E-state index contributed by atoms with van der Waals surface area (Å²) in [4.78, 5) is 0. The highest BCUT2D eigenvalue weighted by atomic mass is 16.5. The molecule has 1 aliphatic heterocycles. The third kappa shape index (κ3) is 2.96. The molecule has 1 aromatic rings. The topological polar surface area (TPSA) is 38.7 Å². The number of benzene rings is 1. The largest absolute Gasteiger partial charge is 0.487 e. The van der Waals surface area contributed by atoms with Crippen LogP contribution in [0.25, 0.3) is 0 Å². The number of hydrogen-bond donors (Lipinski definition) is 1. The maximum Gasteiger partial charge on any atom is 0.165 e. The van der Waals surface area contributed by atoms with Gasteiger partial charge in [-0.2, -0.15) is 0 Å². The second kappa shape index (κ2) is 5.19. The van der Waals surface area contributed by atoms with Gasteiger partial charge in [0.25, 0.3) is 0 Å². The van der Waals surface area contributed by atoms with Gasteiger partial charge in [0.1, 0.15) is 12.2 Å². The average Bonchev–Trinajstić information content (AvgIpc) is 2.61. The van der Waals surface area contributed by atoms with Crippen molar-refractivity contribution < 1.29 is 14.6 Å². The smallest absolute Gasteiger partial charge is 0.165 e. The van der Waals surface area contributed by atoms with E-state index < -0.39 is 6.10 Å². The molecule has 100 valence electrons. The number of hydrogen-bond acceptors (Lipinski definition) is 3. The Morgan fingerprint density at radius 2 is 2.22 bits per heavy atom. The van der Waals surface area contributed by atoms with Crippen LogP contribution in [0.1, 0.15) is 39.2 Å². The molecule has 1 N–H and O–H groups in total. The third-order valence-corrected chi connectivity index (χ3v) is 3.11. The van der Waals surface area contributed by atoms with E-state index in [0.717, 1.165) is 30.8 Å². The molecule has 0 bridgehead atoms. The summed E-state index contributed by atoms with van der Waals surface area (Å²) < 4.78 is 11.6. The first-order valence-corrected chi connectivity index (χ1v) is 6.63. The summed E-state index contributed by atoms with van der Waals surface area (Å²) in [6, 6.07) is 5.95. The molecule has 0 spiro atoms. The van der Waals surface area contributed by atoms with E-state index in [9.17, 15) is 5.11 Å². The Labute approximate surface area is 109 Å². The zero-order valence-electron chi connectivity index (χ0n) is 11.4. The zero-order valence-corrected chi connectivity index (χ0v) is 11.4. The van der Waals surface area contributed by atoms with Gasteiger partial charge in [-0.25, -0.2) is 0 Å². The summed E-state index contributed by atoms with van der Waals surface area (Å²) >= 11 is 0. The number of aliphatic hydroxyl groups excluding tert-OH is 1. The highest BCUT2D eigenvalue weighted by Gasteiger charge is 2.32. The first kappa shape index (κ1) is 13.2. The second-order valence-electron chi connectivity index (χ2n) is 5.54. The Kier molecular flexibility index (Phi) is 3.81. The molecule has 0 amide bonds. The summed E-state index contributed by atoms with van der Waals surface area (Å²) in [5, 5.41) is 9.70. The van der Waals surface area contributed by atoms with E-state index in [-0.39, 0.29) is 5.60 Å². The van der Waals surface area contributed by atoms with Gasteiger partial charge in [0.05, 0.1) is 6.10 Å². The predicted octanol–water partition coefficient (Wildman–Crippen LogP) is 2.94. The van der Waals surface area contributed by atoms with Crippen molar-refractivity contribution in [3.63, 3.8) is 0 Å². The average molecular weight is 250 g/mol. The number of rotatable bonds is 5. The highest BCUT2D eigenvalue weighted by molar-refractivity contribution is 5.50. The van der Waals surface area contributed by atoms with Crippen molar-refractivity contribution >= 4 is 0 Å². The van der Waals surface area contributed by atoms with Gasteiger partial charge >= 0.3 is 0 Å². The Balaban J connectivity index is 2.05. The Morgan fingerprint density at radius 1 is 1.44 bits per heavy atom. The minimum Gasteiger partial charge on any atom is -0.487 e. The minimum absolute atomic E-state index is 0.163. The summed E-state index contributed by atoms with van der Waals surface area (Å²) in [6.07, 6.45) is 2.22. The van der Waals surface area contributed by atoms with E-state index in [1.54, 1.807) is 0 Å². The van der Waals surface area contributed by atoms with Crippen LogP contribution >= 0.6 is 0 Å². The van der Waals surface area contributed by atoms with Gasteiger partial charge in [0.15, 0.2) is 11.5 Å². The quantitative estimate of drug-likeness (QED) is 0.873. The van der Waals surface area contributed by atoms with Gasteiger partial charge in [-0.1, -0.05) is 25.5 Å². The normalized spacial score (nSPS) is 18.0. The minimum atomic E-state index is -0.403. The molecule has 3 heteroatoms. The van der Waals surface area contributed by atoms with Crippen LogP contribution in [-0.4, -0.2) is 23.4 Å². The van der Waals surface area contributed by atoms with E-state index in [4.69, 9.17) is 9.47 Å². The van der Waals surface area contributed by atoms with Crippen molar-refractivity contribution in [2.24, 2.45) is 0 Å². The molecule has 0 saturated heterocycles. The monoisotopic (exact) mass is 250 g/mol. The molecule has 1 unspecified atom stereocenters. The molecule has 1 aliphatic rings. The van der Waals surface area contributed by atoms with Crippen LogP contribution in [0, 0.1) is 0 Å². The molecule has 0 fully saturated rings. The zero-order chi connectivity index (χ0) is 13.2. The molecule has 0 aromatic heterocycles. The summed E-state index contributed by atoms with van der Waals surface area (Å²) in [7, 11) is 0. The molecular formula is C15H22O3. The van der Waals surface area contributed by atoms with E-state index >= 15 is 0 Å².